The minimum Gasteiger partial charge on any atom is -0.454 e. The van der Waals surface area contributed by atoms with E-state index in [1.807, 2.05) is 19.2 Å². The van der Waals surface area contributed by atoms with Crippen LogP contribution in [0.3, 0.4) is 0 Å². The number of para-hydroxylation sites is 1. The normalized spacial score (nSPS) is 9.41. The van der Waals surface area contributed by atoms with Crippen molar-refractivity contribution in [2.45, 2.75) is 0 Å². The molecule has 1 aromatic carbocycles. The van der Waals surface area contributed by atoms with Gasteiger partial charge in [0, 0.05) is 13.1 Å². The Kier molecular flexibility index (Phi) is 3.22. The highest BCUT2D eigenvalue weighted by atomic mass is 16.5. The molecule has 1 aromatic heterocycles. The van der Waals surface area contributed by atoms with Crippen LogP contribution in [-0.4, -0.2) is 12.0 Å². The first-order valence-corrected chi connectivity index (χ1v) is 5.13. The Bertz CT molecular complexity index is 561. The number of nitriles is 1. The number of anilines is 1. The van der Waals surface area contributed by atoms with Gasteiger partial charge in [-0.1, -0.05) is 12.1 Å². The van der Waals surface area contributed by atoms with Gasteiger partial charge in [-0.3, -0.25) is 4.98 Å². The topological polar surface area (TPSA) is 57.9 Å². The maximum Gasteiger partial charge on any atom is 0.147 e. The van der Waals surface area contributed by atoms with E-state index < -0.39 is 0 Å². The van der Waals surface area contributed by atoms with Gasteiger partial charge in [0.1, 0.15) is 17.6 Å². The number of pyridine rings is 1. The van der Waals surface area contributed by atoms with Crippen LogP contribution < -0.4 is 10.1 Å². The smallest absolute Gasteiger partial charge is 0.147 e. The van der Waals surface area contributed by atoms with Crippen molar-refractivity contribution in [3.8, 4) is 17.6 Å². The molecule has 0 saturated heterocycles. The molecule has 17 heavy (non-hydrogen) atoms. The molecule has 0 fully saturated rings. The number of hydrogen-bond acceptors (Lipinski definition) is 4. The molecule has 0 amide bonds. The summed E-state index contributed by atoms with van der Waals surface area (Å²) in [4.78, 5) is 4.04. The second-order valence-electron chi connectivity index (χ2n) is 3.37. The Morgan fingerprint density at radius 3 is 2.88 bits per heavy atom. The lowest BCUT2D eigenvalue weighted by Gasteiger charge is -2.07. The largest absolute Gasteiger partial charge is 0.454 e. The molecule has 0 atom stereocenters. The van der Waals surface area contributed by atoms with Crippen LogP contribution >= 0.6 is 0 Å². The van der Waals surface area contributed by atoms with E-state index in [9.17, 15) is 0 Å². The average molecular weight is 225 g/mol. The zero-order chi connectivity index (χ0) is 12.1. The van der Waals surface area contributed by atoms with E-state index in [1.165, 1.54) is 0 Å². The van der Waals surface area contributed by atoms with E-state index in [2.05, 4.69) is 16.4 Å². The molecule has 0 aliphatic carbocycles. The van der Waals surface area contributed by atoms with Crippen LogP contribution in [0.1, 0.15) is 5.56 Å². The lowest BCUT2D eigenvalue weighted by Crippen LogP contribution is -1.92. The standard InChI is InChI=1S/C13H11N3O/c1-15-11-6-12(9-16-8-11)17-13-5-3-2-4-10(13)7-14/h2-6,8-9,15H,1H3. The quantitative estimate of drug-likeness (QED) is 0.872. The molecule has 0 bridgehead atoms. The van der Waals surface area contributed by atoms with Crippen LogP contribution in [0.25, 0.3) is 0 Å². The molecule has 0 saturated carbocycles. The number of hydrogen-bond donors (Lipinski definition) is 1. The number of benzene rings is 1. The van der Waals surface area contributed by atoms with Gasteiger partial charge in [-0.05, 0) is 12.1 Å². The molecular formula is C13H11N3O. The molecule has 84 valence electrons. The third-order valence-corrected chi connectivity index (χ3v) is 2.24. The third kappa shape index (κ3) is 2.52. The molecule has 1 heterocycles. The van der Waals surface area contributed by atoms with Gasteiger partial charge >= 0.3 is 0 Å². The molecule has 1 N–H and O–H groups in total. The Morgan fingerprint density at radius 2 is 2.12 bits per heavy atom. The van der Waals surface area contributed by atoms with Gasteiger partial charge in [-0.25, -0.2) is 0 Å². The van der Waals surface area contributed by atoms with E-state index >= 15 is 0 Å². The second kappa shape index (κ2) is 4.99. The zero-order valence-corrected chi connectivity index (χ0v) is 9.34. The van der Waals surface area contributed by atoms with E-state index in [4.69, 9.17) is 10.00 Å². The zero-order valence-electron chi connectivity index (χ0n) is 9.34. The number of nitrogens with zero attached hydrogens (tertiary/aromatic N) is 2. The Hall–Kier alpha value is -2.54. The molecule has 0 radical (unpaired) electrons. The van der Waals surface area contributed by atoms with Crippen molar-refractivity contribution in [1.29, 1.82) is 5.26 Å². The number of rotatable bonds is 3. The van der Waals surface area contributed by atoms with Crippen LogP contribution in [-0.2, 0) is 0 Å². The third-order valence-electron chi connectivity index (χ3n) is 2.24. The predicted octanol–water partition coefficient (Wildman–Crippen LogP) is 2.79. The summed E-state index contributed by atoms with van der Waals surface area (Å²) in [5, 5.41) is 11.9. The van der Waals surface area contributed by atoms with Crippen molar-refractivity contribution >= 4 is 5.69 Å². The van der Waals surface area contributed by atoms with Gasteiger partial charge in [-0.2, -0.15) is 5.26 Å². The highest BCUT2D eigenvalue weighted by molar-refractivity contribution is 5.48. The highest BCUT2D eigenvalue weighted by Gasteiger charge is 2.04. The Labute approximate surface area is 99.5 Å². The summed E-state index contributed by atoms with van der Waals surface area (Å²) in [6.07, 6.45) is 3.30. The maximum absolute atomic E-state index is 8.94. The van der Waals surface area contributed by atoms with E-state index in [0.29, 0.717) is 17.1 Å². The van der Waals surface area contributed by atoms with Crippen LogP contribution in [0.15, 0.2) is 42.7 Å². The van der Waals surface area contributed by atoms with Gasteiger partial charge in [0.25, 0.3) is 0 Å². The SMILES string of the molecule is CNc1cncc(Oc2ccccc2C#N)c1. The fourth-order valence-corrected chi connectivity index (χ4v) is 1.39. The van der Waals surface area contributed by atoms with Crippen LogP contribution in [0, 0.1) is 11.3 Å². The highest BCUT2D eigenvalue weighted by Crippen LogP contribution is 2.25. The predicted molar refractivity (Wildman–Crippen MR) is 65.0 cm³/mol. The fourth-order valence-electron chi connectivity index (χ4n) is 1.39. The monoisotopic (exact) mass is 225 g/mol. The summed E-state index contributed by atoms with van der Waals surface area (Å²) in [5.41, 5.74) is 1.36. The Balaban J connectivity index is 2.28. The summed E-state index contributed by atoms with van der Waals surface area (Å²) in [6.45, 7) is 0. The molecular weight excluding hydrogens is 214 g/mol. The van der Waals surface area contributed by atoms with Gasteiger partial charge in [0.05, 0.1) is 23.6 Å². The van der Waals surface area contributed by atoms with Crippen molar-refractivity contribution < 1.29 is 4.74 Å². The minimum absolute atomic E-state index is 0.502. The summed E-state index contributed by atoms with van der Waals surface area (Å²) < 4.78 is 5.62. The first-order chi connectivity index (χ1) is 8.33. The second-order valence-corrected chi connectivity index (χ2v) is 3.37. The lowest BCUT2D eigenvalue weighted by atomic mass is 10.2. The van der Waals surface area contributed by atoms with E-state index in [1.54, 1.807) is 30.6 Å². The van der Waals surface area contributed by atoms with Crippen molar-refractivity contribution in [3.63, 3.8) is 0 Å². The molecule has 0 aliphatic heterocycles. The van der Waals surface area contributed by atoms with Gasteiger partial charge < -0.3 is 10.1 Å². The number of nitrogens with one attached hydrogen (secondary N) is 1. The van der Waals surface area contributed by atoms with Gasteiger partial charge in [0.2, 0.25) is 0 Å². The summed E-state index contributed by atoms with van der Waals surface area (Å²) in [7, 11) is 1.81. The van der Waals surface area contributed by atoms with Gasteiger partial charge in [0.15, 0.2) is 0 Å². The summed E-state index contributed by atoms with van der Waals surface area (Å²) in [5.74, 6) is 1.13. The first-order valence-electron chi connectivity index (χ1n) is 5.13. The van der Waals surface area contributed by atoms with Crippen molar-refractivity contribution in [1.82, 2.24) is 4.98 Å². The molecule has 0 spiro atoms. The summed E-state index contributed by atoms with van der Waals surface area (Å²) in [6, 6.07) is 11.0. The molecule has 0 unspecified atom stereocenters. The van der Waals surface area contributed by atoms with E-state index in [0.717, 1.165) is 5.69 Å². The van der Waals surface area contributed by atoms with Crippen molar-refractivity contribution in [2.75, 3.05) is 12.4 Å². The van der Waals surface area contributed by atoms with Crippen molar-refractivity contribution in [3.05, 3.63) is 48.3 Å². The van der Waals surface area contributed by atoms with E-state index in [-0.39, 0.29) is 0 Å². The molecule has 2 aromatic rings. The minimum atomic E-state index is 0.502. The molecule has 4 nitrogen and oxygen atoms in total. The first kappa shape index (κ1) is 11.0. The van der Waals surface area contributed by atoms with Gasteiger partial charge in [-0.15, -0.1) is 0 Å². The summed E-state index contributed by atoms with van der Waals surface area (Å²) >= 11 is 0. The number of ether oxygens (including phenoxy) is 1. The van der Waals surface area contributed by atoms with Crippen molar-refractivity contribution in [2.24, 2.45) is 0 Å². The maximum atomic E-state index is 8.94. The molecule has 4 heteroatoms. The lowest BCUT2D eigenvalue weighted by molar-refractivity contribution is 0.479. The fraction of sp³-hybridized carbons (Fsp3) is 0.0769. The molecule has 0 aliphatic rings. The Morgan fingerprint density at radius 1 is 1.29 bits per heavy atom. The average Bonchev–Trinajstić information content (AvgIpc) is 2.39. The van der Waals surface area contributed by atoms with Crippen LogP contribution in [0.5, 0.6) is 11.5 Å². The van der Waals surface area contributed by atoms with Crippen LogP contribution in [0.2, 0.25) is 0 Å². The molecule has 2 rings (SSSR count). The van der Waals surface area contributed by atoms with Crippen LogP contribution in [0.4, 0.5) is 5.69 Å². The number of aromatic nitrogens is 1.